The first-order chi connectivity index (χ1) is 20.1. The number of rotatable bonds is 6. The van der Waals surface area contributed by atoms with Crippen LogP contribution in [0.15, 0.2) is 46.1 Å². The summed E-state index contributed by atoms with van der Waals surface area (Å²) >= 11 is 0. The van der Waals surface area contributed by atoms with E-state index in [1.165, 1.54) is 20.1 Å². The molecule has 2 aliphatic rings. The van der Waals surface area contributed by atoms with E-state index in [2.05, 4.69) is 15.7 Å². The molecule has 11 nitrogen and oxygen atoms in total. The van der Waals surface area contributed by atoms with Crippen LogP contribution in [0.25, 0.3) is 21.8 Å². The molecule has 1 atom stereocenters. The summed E-state index contributed by atoms with van der Waals surface area (Å²) in [5.74, 6) is -0.692. The van der Waals surface area contributed by atoms with Crippen LogP contribution >= 0.6 is 0 Å². The average molecular weight is 576 g/mol. The number of carbonyl (C=O) groups excluding carboxylic acids is 2. The van der Waals surface area contributed by atoms with Gasteiger partial charge in [0.05, 0.1) is 22.1 Å². The van der Waals surface area contributed by atoms with Gasteiger partial charge in [-0.05, 0) is 69.7 Å². The predicted octanol–water partition coefficient (Wildman–Crippen LogP) is 3.61. The fourth-order valence-corrected chi connectivity index (χ4v) is 5.75. The van der Waals surface area contributed by atoms with Gasteiger partial charge in [0.15, 0.2) is 0 Å². The SMILES string of the molecule is CC(C)n1c(=O)n(CC2CC2)c(=O)c2cc(NC(=O)N3CCC[C@@H](NC(=O)c4ccc5nn(C)cc5c4)C3)c(F)cc21. The van der Waals surface area contributed by atoms with E-state index in [9.17, 15) is 19.2 Å². The van der Waals surface area contributed by atoms with Crippen LogP contribution in [0.5, 0.6) is 0 Å². The van der Waals surface area contributed by atoms with E-state index >= 15 is 4.39 Å². The molecule has 6 rings (SSSR count). The first kappa shape index (κ1) is 27.7. The Kier molecular flexibility index (Phi) is 7.07. The number of anilines is 1. The molecule has 220 valence electrons. The van der Waals surface area contributed by atoms with E-state index in [1.807, 2.05) is 27.1 Å². The number of benzene rings is 2. The Labute approximate surface area is 240 Å². The highest BCUT2D eigenvalue weighted by molar-refractivity contribution is 5.98. The zero-order valence-corrected chi connectivity index (χ0v) is 23.9. The van der Waals surface area contributed by atoms with Crippen molar-refractivity contribution in [1.29, 1.82) is 0 Å². The van der Waals surface area contributed by atoms with Crippen molar-refractivity contribution in [3.05, 3.63) is 68.7 Å². The lowest BCUT2D eigenvalue weighted by molar-refractivity contribution is 0.0913. The van der Waals surface area contributed by atoms with Gasteiger partial charge in [-0.3, -0.25) is 23.4 Å². The minimum absolute atomic E-state index is 0.132. The van der Waals surface area contributed by atoms with Crippen molar-refractivity contribution in [3.8, 4) is 0 Å². The number of nitrogens with one attached hydrogen (secondary N) is 2. The fraction of sp³-hybridized carbons (Fsp3) is 0.433. The quantitative estimate of drug-likeness (QED) is 0.364. The van der Waals surface area contributed by atoms with Gasteiger partial charge in [-0.1, -0.05) is 0 Å². The monoisotopic (exact) mass is 575 g/mol. The summed E-state index contributed by atoms with van der Waals surface area (Å²) in [7, 11) is 1.82. The van der Waals surface area contributed by atoms with Gasteiger partial charge in [-0.2, -0.15) is 5.10 Å². The number of aromatic nitrogens is 4. The maximum absolute atomic E-state index is 15.3. The van der Waals surface area contributed by atoms with Gasteiger partial charge in [0.1, 0.15) is 5.82 Å². The molecule has 0 unspecified atom stereocenters. The van der Waals surface area contributed by atoms with Crippen LogP contribution in [-0.2, 0) is 13.6 Å². The van der Waals surface area contributed by atoms with Crippen LogP contribution in [0.3, 0.4) is 0 Å². The molecule has 2 fully saturated rings. The number of aryl methyl sites for hydroxylation is 1. The minimum Gasteiger partial charge on any atom is -0.348 e. The van der Waals surface area contributed by atoms with Gasteiger partial charge in [0.2, 0.25) is 0 Å². The standard InChI is InChI=1S/C30H34FN7O4/c1-17(2)38-26-13-23(31)25(12-22(26)28(40)37(30(38)42)14-18-6-7-18)33-29(41)36-10-4-5-21(16-36)32-27(39)19-8-9-24-20(11-19)15-35(3)34-24/h8-9,11-13,15,17-18,21H,4-7,10,14,16H2,1-3H3,(H,32,39)(H,33,41)/t21-/m1/s1. The highest BCUT2D eigenvalue weighted by atomic mass is 19.1. The summed E-state index contributed by atoms with van der Waals surface area (Å²) in [6.45, 7) is 4.64. The lowest BCUT2D eigenvalue weighted by Crippen LogP contribution is -2.50. The maximum Gasteiger partial charge on any atom is 0.331 e. The molecule has 1 saturated heterocycles. The van der Waals surface area contributed by atoms with Crippen molar-refractivity contribution >= 4 is 39.4 Å². The Morgan fingerprint density at radius 3 is 2.64 bits per heavy atom. The first-order valence-electron chi connectivity index (χ1n) is 14.4. The van der Waals surface area contributed by atoms with E-state index in [0.29, 0.717) is 37.4 Å². The molecule has 12 heteroatoms. The molecule has 42 heavy (non-hydrogen) atoms. The predicted molar refractivity (Wildman–Crippen MR) is 157 cm³/mol. The Morgan fingerprint density at radius 2 is 1.90 bits per heavy atom. The second-order valence-corrected chi connectivity index (χ2v) is 11.7. The number of hydrogen-bond acceptors (Lipinski definition) is 5. The summed E-state index contributed by atoms with van der Waals surface area (Å²) in [5.41, 5.74) is 0.430. The highest BCUT2D eigenvalue weighted by Gasteiger charge is 2.28. The number of piperidine rings is 1. The third kappa shape index (κ3) is 5.28. The van der Waals surface area contributed by atoms with Gasteiger partial charge in [-0.25, -0.2) is 14.0 Å². The number of fused-ring (bicyclic) bond motifs is 2. The molecule has 0 bridgehead atoms. The summed E-state index contributed by atoms with van der Waals surface area (Å²) in [6.07, 6.45) is 5.13. The third-order valence-electron chi connectivity index (χ3n) is 8.08. The number of urea groups is 1. The van der Waals surface area contributed by atoms with Gasteiger partial charge < -0.3 is 15.5 Å². The molecule has 1 saturated carbocycles. The smallest absolute Gasteiger partial charge is 0.331 e. The lowest BCUT2D eigenvalue weighted by atomic mass is 10.0. The zero-order chi connectivity index (χ0) is 29.7. The number of hydrogen-bond donors (Lipinski definition) is 2. The normalized spacial score (nSPS) is 17.3. The van der Waals surface area contributed by atoms with Crippen LogP contribution < -0.4 is 21.9 Å². The van der Waals surface area contributed by atoms with Crippen molar-refractivity contribution in [1.82, 2.24) is 29.1 Å². The fourth-order valence-electron chi connectivity index (χ4n) is 5.75. The zero-order valence-electron chi connectivity index (χ0n) is 23.9. The molecular formula is C30H34FN7O4. The Morgan fingerprint density at radius 1 is 1.12 bits per heavy atom. The third-order valence-corrected chi connectivity index (χ3v) is 8.08. The molecule has 1 aliphatic carbocycles. The Bertz CT molecular complexity index is 1840. The lowest BCUT2D eigenvalue weighted by Gasteiger charge is -2.33. The first-order valence-corrected chi connectivity index (χ1v) is 14.4. The van der Waals surface area contributed by atoms with E-state index in [1.54, 1.807) is 22.9 Å². The molecule has 0 spiro atoms. The van der Waals surface area contributed by atoms with Crippen molar-refractivity contribution in [2.45, 2.75) is 58.2 Å². The highest BCUT2D eigenvalue weighted by Crippen LogP contribution is 2.30. The summed E-state index contributed by atoms with van der Waals surface area (Å²) in [5, 5.41) is 11.0. The molecule has 2 aromatic heterocycles. The number of nitrogens with zero attached hydrogens (tertiary/aromatic N) is 5. The van der Waals surface area contributed by atoms with Crippen LogP contribution in [0.1, 0.15) is 55.9 Å². The number of halogens is 1. The van der Waals surface area contributed by atoms with Crippen LogP contribution in [0, 0.1) is 11.7 Å². The Balaban J connectivity index is 1.20. The van der Waals surface area contributed by atoms with E-state index in [0.717, 1.165) is 29.8 Å². The van der Waals surface area contributed by atoms with Gasteiger partial charge in [-0.15, -0.1) is 0 Å². The van der Waals surface area contributed by atoms with Gasteiger partial charge >= 0.3 is 11.7 Å². The van der Waals surface area contributed by atoms with Gasteiger partial charge in [0, 0.05) is 62.0 Å². The van der Waals surface area contributed by atoms with Gasteiger partial charge in [0.25, 0.3) is 11.5 Å². The largest absolute Gasteiger partial charge is 0.348 e. The van der Waals surface area contributed by atoms with Crippen molar-refractivity contribution in [2.75, 3.05) is 18.4 Å². The molecule has 2 N–H and O–H groups in total. The summed E-state index contributed by atoms with van der Waals surface area (Å²) in [4.78, 5) is 54.2. The van der Waals surface area contributed by atoms with E-state index < -0.39 is 23.1 Å². The van der Waals surface area contributed by atoms with Crippen LogP contribution in [-0.4, -0.2) is 54.9 Å². The van der Waals surface area contributed by atoms with Crippen LogP contribution in [0.2, 0.25) is 0 Å². The minimum atomic E-state index is -0.739. The summed E-state index contributed by atoms with van der Waals surface area (Å²) in [6, 6.07) is 6.67. The van der Waals surface area contributed by atoms with E-state index in [4.69, 9.17) is 0 Å². The number of likely N-dealkylation sites (tertiary alicyclic amines) is 1. The molecule has 1 aliphatic heterocycles. The van der Waals surface area contributed by atoms with Crippen LogP contribution in [0.4, 0.5) is 14.9 Å². The molecule has 4 aromatic rings. The molecular weight excluding hydrogens is 541 g/mol. The number of carbonyl (C=O) groups is 2. The average Bonchev–Trinajstić information content (AvgIpc) is 3.69. The van der Waals surface area contributed by atoms with Crippen molar-refractivity contribution in [2.24, 2.45) is 13.0 Å². The van der Waals surface area contributed by atoms with Crippen molar-refractivity contribution in [3.63, 3.8) is 0 Å². The molecule has 3 heterocycles. The topological polar surface area (TPSA) is 123 Å². The van der Waals surface area contributed by atoms with E-state index in [-0.39, 0.29) is 41.1 Å². The molecule has 3 amide bonds. The number of amides is 3. The Hall–Kier alpha value is -4.48. The summed E-state index contributed by atoms with van der Waals surface area (Å²) < 4.78 is 19.7. The maximum atomic E-state index is 15.3. The second-order valence-electron chi connectivity index (χ2n) is 11.7. The molecule has 0 radical (unpaired) electrons. The molecule has 2 aromatic carbocycles. The second kappa shape index (κ2) is 10.7. The van der Waals surface area contributed by atoms with Crippen molar-refractivity contribution < 1.29 is 14.0 Å².